The van der Waals surface area contributed by atoms with Gasteiger partial charge in [-0.1, -0.05) is 0 Å². The number of carbonyl (C=O) groups is 1. The average Bonchev–Trinajstić information content (AvgIpc) is 2.97. The number of fused-ring (bicyclic) bond motifs is 1. The quantitative estimate of drug-likeness (QED) is 0.804. The van der Waals surface area contributed by atoms with Gasteiger partial charge in [-0.3, -0.25) is 4.79 Å². The van der Waals surface area contributed by atoms with Crippen LogP contribution in [0.3, 0.4) is 0 Å². The van der Waals surface area contributed by atoms with E-state index in [0.717, 1.165) is 17.7 Å². The van der Waals surface area contributed by atoms with E-state index in [4.69, 9.17) is 9.47 Å². The molecule has 1 heterocycles. The van der Waals surface area contributed by atoms with E-state index in [1.165, 1.54) is 23.3 Å². The molecule has 0 spiro atoms. The van der Waals surface area contributed by atoms with Crippen LogP contribution in [0, 0.1) is 0 Å². The van der Waals surface area contributed by atoms with E-state index in [-0.39, 0.29) is 5.78 Å². The van der Waals surface area contributed by atoms with Crippen molar-refractivity contribution in [1.82, 2.24) is 0 Å². The van der Waals surface area contributed by atoms with Crippen LogP contribution in [0.1, 0.15) is 38.5 Å². The fourth-order valence-electron chi connectivity index (χ4n) is 2.72. The van der Waals surface area contributed by atoms with Crippen molar-refractivity contribution in [1.29, 1.82) is 0 Å². The van der Waals surface area contributed by atoms with Crippen molar-refractivity contribution in [3.63, 3.8) is 0 Å². The van der Waals surface area contributed by atoms with E-state index in [0.29, 0.717) is 17.1 Å². The Hall–Kier alpha value is -1.81. The predicted octanol–water partition coefficient (Wildman–Crippen LogP) is 3.88. The van der Waals surface area contributed by atoms with Crippen LogP contribution in [0.25, 0.3) is 0 Å². The second kappa shape index (κ2) is 5.90. The molecule has 0 aliphatic heterocycles. The molecule has 0 unspecified atom stereocenters. The zero-order valence-corrected chi connectivity index (χ0v) is 13.1. The first kappa shape index (κ1) is 14.1. The summed E-state index contributed by atoms with van der Waals surface area (Å²) < 4.78 is 10.5. The number of hydrogen-bond donors (Lipinski definition) is 0. The fourth-order valence-corrected chi connectivity index (χ4v) is 3.93. The first-order valence-electron chi connectivity index (χ1n) is 7.11. The molecule has 2 aromatic rings. The molecule has 3 nitrogen and oxygen atoms in total. The molecule has 0 amide bonds. The molecule has 0 saturated heterocycles. The summed E-state index contributed by atoms with van der Waals surface area (Å²) in [5, 5.41) is 0. The van der Waals surface area contributed by atoms with Crippen LogP contribution in [0.4, 0.5) is 0 Å². The zero-order chi connectivity index (χ0) is 14.8. The van der Waals surface area contributed by atoms with Gasteiger partial charge in [0.2, 0.25) is 5.78 Å². The number of ketones is 1. The molecule has 3 rings (SSSR count). The maximum Gasteiger partial charge on any atom is 0.206 e. The largest absolute Gasteiger partial charge is 0.497 e. The van der Waals surface area contributed by atoms with Crippen LogP contribution in [-0.4, -0.2) is 20.0 Å². The summed E-state index contributed by atoms with van der Waals surface area (Å²) in [6, 6.07) is 7.38. The Balaban J connectivity index is 1.96. The van der Waals surface area contributed by atoms with Crippen molar-refractivity contribution in [3.8, 4) is 11.5 Å². The SMILES string of the molecule is COc1ccc(C(=O)c2cc3c(s2)CCCC3)c(OC)c1. The minimum atomic E-state index is 0.0360. The van der Waals surface area contributed by atoms with E-state index in [1.54, 1.807) is 43.8 Å². The lowest BCUT2D eigenvalue weighted by Crippen LogP contribution is -2.02. The summed E-state index contributed by atoms with van der Waals surface area (Å²) in [6.45, 7) is 0. The van der Waals surface area contributed by atoms with Gasteiger partial charge in [-0.25, -0.2) is 0 Å². The van der Waals surface area contributed by atoms with Crippen LogP contribution >= 0.6 is 11.3 Å². The van der Waals surface area contributed by atoms with Crippen molar-refractivity contribution in [2.24, 2.45) is 0 Å². The van der Waals surface area contributed by atoms with E-state index in [9.17, 15) is 4.79 Å². The molecule has 1 aliphatic rings. The van der Waals surface area contributed by atoms with E-state index < -0.39 is 0 Å². The van der Waals surface area contributed by atoms with Gasteiger partial charge in [0.25, 0.3) is 0 Å². The second-order valence-electron chi connectivity index (χ2n) is 5.16. The maximum atomic E-state index is 12.7. The van der Waals surface area contributed by atoms with Gasteiger partial charge in [0.1, 0.15) is 11.5 Å². The Morgan fingerprint density at radius 3 is 2.62 bits per heavy atom. The minimum Gasteiger partial charge on any atom is -0.497 e. The van der Waals surface area contributed by atoms with Crippen molar-refractivity contribution in [3.05, 3.63) is 45.1 Å². The smallest absolute Gasteiger partial charge is 0.206 e. The summed E-state index contributed by atoms with van der Waals surface area (Å²) >= 11 is 1.63. The van der Waals surface area contributed by atoms with Crippen molar-refractivity contribution >= 4 is 17.1 Å². The predicted molar refractivity (Wildman–Crippen MR) is 83.9 cm³/mol. The number of aryl methyl sites for hydroxylation is 2. The van der Waals surface area contributed by atoms with Crippen LogP contribution in [-0.2, 0) is 12.8 Å². The van der Waals surface area contributed by atoms with Gasteiger partial charge in [-0.2, -0.15) is 0 Å². The molecule has 1 aromatic heterocycles. The molecule has 0 N–H and O–H groups in total. The van der Waals surface area contributed by atoms with Crippen LogP contribution < -0.4 is 9.47 Å². The zero-order valence-electron chi connectivity index (χ0n) is 12.3. The lowest BCUT2D eigenvalue weighted by molar-refractivity contribution is 0.103. The van der Waals surface area contributed by atoms with Gasteiger partial charge < -0.3 is 9.47 Å². The molecule has 4 heteroatoms. The molecule has 0 radical (unpaired) electrons. The maximum absolute atomic E-state index is 12.7. The Kier molecular flexibility index (Phi) is 3.97. The highest BCUT2D eigenvalue weighted by Gasteiger charge is 2.21. The van der Waals surface area contributed by atoms with Crippen molar-refractivity contribution < 1.29 is 14.3 Å². The summed E-state index contributed by atoms with van der Waals surface area (Å²) in [5.41, 5.74) is 1.94. The summed E-state index contributed by atoms with van der Waals surface area (Å²) in [7, 11) is 3.18. The topological polar surface area (TPSA) is 35.5 Å². The Morgan fingerprint density at radius 1 is 1.10 bits per heavy atom. The lowest BCUT2D eigenvalue weighted by atomic mass is 9.98. The van der Waals surface area contributed by atoms with E-state index in [1.807, 2.05) is 0 Å². The molecular weight excluding hydrogens is 284 g/mol. The molecule has 110 valence electrons. The molecule has 0 fully saturated rings. The van der Waals surface area contributed by atoms with E-state index >= 15 is 0 Å². The van der Waals surface area contributed by atoms with Crippen LogP contribution in [0.2, 0.25) is 0 Å². The number of ether oxygens (including phenoxy) is 2. The third kappa shape index (κ3) is 2.68. The lowest BCUT2D eigenvalue weighted by Gasteiger charge is -2.08. The normalized spacial score (nSPS) is 13.6. The minimum absolute atomic E-state index is 0.0360. The van der Waals surface area contributed by atoms with Crippen molar-refractivity contribution in [2.45, 2.75) is 25.7 Å². The van der Waals surface area contributed by atoms with Gasteiger partial charge in [0.15, 0.2) is 0 Å². The number of carbonyl (C=O) groups excluding carboxylic acids is 1. The van der Waals surface area contributed by atoms with Crippen LogP contribution in [0.15, 0.2) is 24.3 Å². The highest BCUT2D eigenvalue weighted by Crippen LogP contribution is 2.33. The number of hydrogen-bond acceptors (Lipinski definition) is 4. The Labute approximate surface area is 128 Å². The number of methoxy groups -OCH3 is 2. The third-order valence-corrected chi connectivity index (χ3v) is 5.11. The average molecular weight is 302 g/mol. The first-order valence-corrected chi connectivity index (χ1v) is 7.93. The molecule has 1 aliphatic carbocycles. The van der Waals surface area contributed by atoms with Gasteiger partial charge in [-0.15, -0.1) is 11.3 Å². The Bertz CT molecular complexity index is 649. The highest BCUT2D eigenvalue weighted by atomic mass is 32.1. The van der Waals surface area contributed by atoms with Crippen LogP contribution in [0.5, 0.6) is 11.5 Å². The molecule has 0 atom stereocenters. The van der Waals surface area contributed by atoms with Gasteiger partial charge in [-0.05, 0) is 49.4 Å². The fraction of sp³-hybridized carbons (Fsp3) is 0.353. The molecule has 21 heavy (non-hydrogen) atoms. The number of benzene rings is 1. The molecule has 1 aromatic carbocycles. The van der Waals surface area contributed by atoms with Gasteiger partial charge in [0.05, 0.1) is 24.7 Å². The molecular formula is C17H18O3S. The standard InChI is InChI=1S/C17H18O3S/c1-19-12-7-8-13(14(10-12)20-2)17(18)16-9-11-5-3-4-6-15(11)21-16/h7-10H,3-6H2,1-2H3. The summed E-state index contributed by atoms with van der Waals surface area (Å²) in [6.07, 6.45) is 4.65. The number of rotatable bonds is 4. The van der Waals surface area contributed by atoms with Crippen molar-refractivity contribution in [2.75, 3.05) is 14.2 Å². The highest BCUT2D eigenvalue weighted by molar-refractivity contribution is 7.14. The third-order valence-electron chi connectivity index (χ3n) is 3.87. The Morgan fingerprint density at radius 2 is 1.90 bits per heavy atom. The second-order valence-corrected chi connectivity index (χ2v) is 6.30. The monoisotopic (exact) mass is 302 g/mol. The molecule has 0 bridgehead atoms. The summed E-state index contributed by atoms with van der Waals surface area (Å²) in [5.74, 6) is 1.29. The first-order chi connectivity index (χ1) is 10.2. The van der Waals surface area contributed by atoms with Gasteiger partial charge in [0, 0.05) is 10.9 Å². The summed E-state index contributed by atoms with van der Waals surface area (Å²) in [4.78, 5) is 14.9. The van der Waals surface area contributed by atoms with E-state index in [2.05, 4.69) is 6.07 Å². The number of thiophene rings is 1. The van der Waals surface area contributed by atoms with Gasteiger partial charge >= 0.3 is 0 Å². The molecule has 0 saturated carbocycles.